The predicted octanol–water partition coefficient (Wildman–Crippen LogP) is 3.31. The fourth-order valence-electron chi connectivity index (χ4n) is 3.63. The first kappa shape index (κ1) is 16.5. The van der Waals surface area contributed by atoms with E-state index >= 15 is 0 Å². The summed E-state index contributed by atoms with van der Waals surface area (Å²) < 4.78 is 26.1. The predicted molar refractivity (Wildman–Crippen MR) is 86.9 cm³/mol. The van der Waals surface area contributed by atoms with E-state index in [9.17, 15) is 8.42 Å². The number of rotatable bonds is 5. The van der Waals surface area contributed by atoms with E-state index in [1.165, 1.54) is 0 Å². The molecule has 0 aromatic heterocycles. The van der Waals surface area contributed by atoms with E-state index in [1.54, 1.807) is 6.07 Å². The first-order valence-corrected chi connectivity index (χ1v) is 9.55. The zero-order chi connectivity index (χ0) is 15.5. The van der Waals surface area contributed by atoms with Crippen LogP contribution in [0, 0.1) is 18.8 Å². The molecule has 1 aliphatic carbocycles. The van der Waals surface area contributed by atoms with Gasteiger partial charge in [0.15, 0.2) is 9.84 Å². The van der Waals surface area contributed by atoms with Crippen LogP contribution in [0.5, 0.6) is 0 Å². The summed E-state index contributed by atoms with van der Waals surface area (Å²) in [5.41, 5.74) is 6.70. The topological polar surface area (TPSA) is 60.2 Å². The van der Waals surface area contributed by atoms with E-state index in [2.05, 4.69) is 6.92 Å². The van der Waals surface area contributed by atoms with Crippen LogP contribution in [0.1, 0.15) is 44.6 Å². The minimum Gasteiger partial charge on any atom is -0.330 e. The van der Waals surface area contributed by atoms with E-state index in [0.29, 0.717) is 17.4 Å². The zero-order valence-electron chi connectivity index (χ0n) is 13.1. The van der Waals surface area contributed by atoms with Crippen molar-refractivity contribution in [2.45, 2.75) is 56.1 Å². The minimum absolute atomic E-state index is 0.0997. The molecule has 0 saturated heterocycles. The molecule has 0 aliphatic heterocycles. The van der Waals surface area contributed by atoms with Gasteiger partial charge in [-0.15, -0.1) is 0 Å². The lowest BCUT2D eigenvalue weighted by Crippen LogP contribution is -2.40. The van der Waals surface area contributed by atoms with Gasteiger partial charge in [0.25, 0.3) is 0 Å². The van der Waals surface area contributed by atoms with Gasteiger partial charge >= 0.3 is 0 Å². The Morgan fingerprint density at radius 1 is 1.24 bits per heavy atom. The quantitative estimate of drug-likeness (QED) is 0.907. The van der Waals surface area contributed by atoms with Crippen LogP contribution in [0.15, 0.2) is 29.2 Å². The molecule has 0 spiro atoms. The highest BCUT2D eigenvalue weighted by Gasteiger charge is 2.39. The van der Waals surface area contributed by atoms with E-state index in [1.807, 2.05) is 25.1 Å². The molecule has 21 heavy (non-hydrogen) atoms. The van der Waals surface area contributed by atoms with Crippen molar-refractivity contribution in [1.82, 2.24) is 0 Å². The smallest absolute Gasteiger partial charge is 0.181 e. The van der Waals surface area contributed by atoms with Gasteiger partial charge in [-0.2, -0.15) is 0 Å². The van der Waals surface area contributed by atoms with Crippen molar-refractivity contribution in [3.05, 3.63) is 29.8 Å². The molecule has 0 amide bonds. The molecular weight excluding hydrogens is 282 g/mol. The normalized spacial score (nSPS) is 26.7. The number of nitrogens with two attached hydrogens (primary N) is 1. The summed E-state index contributed by atoms with van der Waals surface area (Å²) in [7, 11) is -3.29. The summed E-state index contributed by atoms with van der Waals surface area (Å²) in [4.78, 5) is 0.491. The summed E-state index contributed by atoms with van der Waals surface area (Å²) in [6, 6.07) is 7.30. The van der Waals surface area contributed by atoms with Gasteiger partial charge in [-0.3, -0.25) is 0 Å². The molecule has 1 aliphatic rings. The summed E-state index contributed by atoms with van der Waals surface area (Å²) in [5.74, 6) is 0.629. The number of sulfone groups is 1. The Labute approximate surface area is 128 Å². The molecule has 1 aromatic carbocycles. The number of benzene rings is 1. The third kappa shape index (κ3) is 3.49. The van der Waals surface area contributed by atoms with Gasteiger partial charge in [-0.1, -0.05) is 44.4 Å². The van der Waals surface area contributed by atoms with E-state index in [4.69, 9.17) is 5.73 Å². The molecule has 118 valence electrons. The Kier molecular flexibility index (Phi) is 5.44. The van der Waals surface area contributed by atoms with Crippen molar-refractivity contribution in [1.29, 1.82) is 0 Å². The van der Waals surface area contributed by atoms with Crippen LogP contribution in [0.25, 0.3) is 0 Å². The maximum absolute atomic E-state index is 13.1. The SMILES string of the molecule is CCCC1CCC(CN)C(S(=O)(=O)c2ccccc2C)C1. The standard InChI is InChI=1S/C17H27NO2S/c1-3-6-14-9-10-15(12-18)17(11-14)21(19,20)16-8-5-4-7-13(16)2/h4-5,7-8,14-15,17H,3,6,9-12,18H2,1-2H3. The molecule has 0 heterocycles. The molecule has 4 heteroatoms. The van der Waals surface area contributed by atoms with Gasteiger partial charge < -0.3 is 5.73 Å². The van der Waals surface area contributed by atoms with E-state index in [-0.39, 0.29) is 11.2 Å². The average Bonchev–Trinajstić information content (AvgIpc) is 2.48. The van der Waals surface area contributed by atoms with Gasteiger partial charge in [-0.25, -0.2) is 8.42 Å². The zero-order valence-corrected chi connectivity index (χ0v) is 13.9. The van der Waals surface area contributed by atoms with Crippen molar-refractivity contribution in [2.75, 3.05) is 6.54 Å². The summed E-state index contributed by atoms with van der Waals surface area (Å²) >= 11 is 0. The van der Waals surface area contributed by atoms with E-state index < -0.39 is 9.84 Å². The highest BCUT2D eigenvalue weighted by atomic mass is 32.2. The van der Waals surface area contributed by atoms with E-state index in [0.717, 1.165) is 37.7 Å². The van der Waals surface area contributed by atoms with Gasteiger partial charge in [0.1, 0.15) is 0 Å². The Balaban J connectivity index is 2.33. The molecule has 1 aromatic rings. The molecule has 1 fully saturated rings. The third-order valence-electron chi connectivity index (χ3n) is 4.84. The van der Waals surface area contributed by atoms with Crippen LogP contribution in [0.4, 0.5) is 0 Å². The van der Waals surface area contributed by atoms with Gasteiger partial charge in [0, 0.05) is 0 Å². The number of aryl methyl sites for hydroxylation is 1. The third-order valence-corrected chi connectivity index (χ3v) is 7.28. The second-order valence-corrected chi connectivity index (χ2v) is 8.45. The maximum Gasteiger partial charge on any atom is 0.181 e. The molecule has 0 bridgehead atoms. The molecule has 2 N–H and O–H groups in total. The van der Waals surface area contributed by atoms with Crippen LogP contribution in [-0.4, -0.2) is 20.2 Å². The maximum atomic E-state index is 13.1. The Morgan fingerprint density at radius 2 is 1.95 bits per heavy atom. The fourth-order valence-corrected chi connectivity index (χ4v) is 6.02. The molecular formula is C17H27NO2S. The lowest BCUT2D eigenvalue weighted by atomic mass is 9.80. The molecule has 2 rings (SSSR count). The van der Waals surface area contributed by atoms with Crippen LogP contribution in [0.3, 0.4) is 0 Å². The van der Waals surface area contributed by atoms with Crippen molar-refractivity contribution in [3.8, 4) is 0 Å². The monoisotopic (exact) mass is 309 g/mol. The Hall–Kier alpha value is -0.870. The first-order chi connectivity index (χ1) is 10.0. The summed E-state index contributed by atoms with van der Waals surface area (Å²) in [6.45, 7) is 4.51. The number of hydrogen-bond donors (Lipinski definition) is 1. The van der Waals surface area contributed by atoms with Crippen molar-refractivity contribution < 1.29 is 8.42 Å². The summed E-state index contributed by atoms with van der Waals surface area (Å²) in [6.07, 6.45) is 5.07. The Bertz CT molecular complexity index is 568. The first-order valence-electron chi connectivity index (χ1n) is 8.00. The lowest BCUT2D eigenvalue weighted by molar-refractivity contribution is 0.268. The minimum atomic E-state index is -3.29. The second-order valence-electron chi connectivity index (χ2n) is 6.31. The van der Waals surface area contributed by atoms with Crippen LogP contribution >= 0.6 is 0 Å². The lowest BCUT2D eigenvalue weighted by Gasteiger charge is -2.35. The van der Waals surface area contributed by atoms with Gasteiger partial charge in [0.2, 0.25) is 0 Å². The molecule has 3 nitrogen and oxygen atoms in total. The van der Waals surface area contributed by atoms with Gasteiger partial charge in [-0.05, 0) is 49.8 Å². The van der Waals surface area contributed by atoms with Crippen molar-refractivity contribution in [3.63, 3.8) is 0 Å². The van der Waals surface area contributed by atoms with Crippen molar-refractivity contribution in [2.24, 2.45) is 17.6 Å². The van der Waals surface area contributed by atoms with Gasteiger partial charge in [0.05, 0.1) is 10.1 Å². The van der Waals surface area contributed by atoms with Crippen LogP contribution < -0.4 is 5.73 Å². The van der Waals surface area contributed by atoms with Crippen LogP contribution in [0.2, 0.25) is 0 Å². The molecule has 0 radical (unpaired) electrons. The number of hydrogen-bond acceptors (Lipinski definition) is 3. The average molecular weight is 309 g/mol. The highest BCUT2D eigenvalue weighted by Crippen LogP contribution is 2.38. The highest BCUT2D eigenvalue weighted by molar-refractivity contribution is 7.92. The molecule has 3 unspecified atom stereocenters. The fraction of sp³-hybridized carbons (Fsp3) is 0.647. The molecule has 1 saturated carbocycles. The largest absolute Gasteiger partial charge is 0.330 e. The second kappa shape index (κ2) is 6.93. The van der Waals surface area contributed by atoms with Crippen LogP contribution in [-0.2, 0) is 9.84 Å². The van der Waals surface area contributed by atoms with Crippen molar-refractivity contribution >= 4 is 9.84 Å². The Morgan fingerprint density at radius 3 is 2.57 bits per heavy atom. The molecule has 3 atom stereocenters. The summed E-state index contributed by atoms with van der Waals surface area (Å²) in [5, 5.41) is -0.311.